The monoisotopic (exact) mass is 646 g/mol. The molecular weight excluding hydrogens is 591 g/mol. The number of aliphatic hydroxyl groups is 1. The molecule has 0 spiro atoms. The van der Waals surface area contributed by atoms with Crippen LogP contribution in [0.25, 0.3) is 0 Å². The molecule has 7 atom stereocenters. The molecule has 2 amide bonds. The number of phenols is 1. The summed E-state index contributed by atoms with van der Waals surface area (Å²) in [7, 11) is 0. The quantitative estimate of drug-likeness (QED) is 0.214. The summed E-state index contributed by atoms with van der Waals surface area (Å²) < 4.78 is 16.1. The molecule has 6 rings (SSSR count). The van der Waals surface area contributed by atoms with E-state index in [9.17, 15) is 19.8 Å². The first-order valence-corrected chi connectivity index (χ1v) is 18.4. The van der Waals surface area contributed by atoms with E-state index in [0.717, 1.165) is 75.6 Å². The van der Waals surface area contributed by atoms with Crippen molar-refractivity contribution in [2.45, 2.75) is 122 Å². The van der Waals surface area contributed by atoms with Gasteiger partial charge in [0.1, 0.15) is 11.9 Å². The molecule has 256 valence electrons. The molecule has 4 aliphatic rings. The standard InChI is InChI=1S/C40H55FN2O4/c1-26(44)42-31-15-13-28(14-16-31)39(47)43(25-27-10-6-5-7-11-27)21-9-4-3-8-12-29-22-30-23-32(45)17-18-33(30)38-35(41)24-40(2)34(37(29)38)19-20-36(40)46/h13-18,23,27,29,34-38,45-46H,3-12,19-22,24-25H2,1-2H3,(H,42,44)/t29-,34+,35+,36+,37+,38+,40+/m1/s1. The average molecular weight is 647 g/mol. The third kappa shape index (κ3) is 7.40. The van der Waals surface area contributed by atoms with E-state index in [0.29, 0.717) is 35.4 Å². The van der Waals surface area contributed by atoms with Gasteiger partial charge in [0, 0.05) is 37.2 Å². The summed E-state index contributed by atoms with van der Waals surface area (Å²) in [5.41, 5.74) is 3.18. The lowest BCUT2D eigenvalue weighted by Gasteiger charge is -2.54. The van der Waals surface area contributed by atoms with Gasteiger partial charge >= 0.3 is 0 Å². The molecule has 4 aliphatic carbocycles. The molecular formula is C40H55FN2O4. The second-order valence-corrected chi connectivity index (χ2v) is 15.6. The number of benzene rings is 2. The van der Waals surface area contributed by atoms with Crippen LogP contribution in [0.3, 0.4) is 0 Å². The normalized spacial score (nSPS) is 30.2. The number of aliphatic hydroxyl groups excluding tert-OH is 1. The summed E-state index contributed by atoms with van der Waals surface area (Å²) in [5.74, 6) is 1.49. The van der Waals surface area contributed by atoms with E-state index in [1.165, 1.54) is 39.0 Å². The summed E-state index contributed by atoms with van der Waals surface area (Å²) in [4.78, 5) is 27.2. The van der Waals surface area contributed by atoms with Crippen molar-refractivity contribution in [3.05, 3.63) is 59.2 Å². The average Bonchev–Trinajstić information content (AvgIpc) is 3.34. The molecule has 3 N–H and O–H groups in total. The van der Waals surface area contributed by atoms with E-state index in [-0.39, 0.29) is 34.8 Å². The topological polar surface area (TPSA) is 89.9 Å². The number of nitrogens with zero attached hydrogens (tertiary/aromatic N) is 1. The maximum absolute atomic E-state index is 16.1. The number of alkyl halides is 1. The molecule has 0 unspecified atom stereocenters. The number of nitrogens with one attached hydrogen (secondary N) is 1. The zero-order chi connectivity index (χ0) is 33.1. The van der Waals surface area contributed by atoms with Crippen molar-refractivity contribution in [2.75, 3.05) is 18.4 Å². The first-order valence-electron chi connectivity index (χ1n) is 18.4. The van der Waals surface area contributed by atoms with E-state index in [2.05, 4.69) is 17.1 Å². The van der Waals surface area contributed by atoms with Crippen molar-refractivity contribution in [1.29, 1.82) is 0 Å². The van der Waals surface area contributed by atoms with Gasteiger partial charge in [-0.3, -0.25) is 9.59 Å². The molecule has 6 nitrogen and oxygen atoms in total. The third-order valence-corrected chi connectivity index (χ3v) is 12.5. The van der Waals surface area contributed by atoms with Crippen LogP contribution in [0.5, 0.6) is 5.75 Å². The fourth-order valence-electron chi connectivity index (χ4n) is 10.1. The van der Waals surface area contributed by atoms with E-state index in [4.69, 9.17) is 0 Å². The molecule has 0 bridgehead atoms. The number of phenolic OH excluding ortho intramolecular Hbond substituents is 1. The van der Waals surface area contributed by atoms with Gasteiger partial charge in [0.2, 0.25) is 5.91 Å². The molecule has 2 aromatic rings. The Morgan fingerprint density at radius 2 is 1.72 bits per heavy atom. The molecule has 0 aromatic heterocycles. The van der Waals surface area contributed by atoms with Crippen molar-refractivity contribution in [3.8, 4) is 5.75 Å². The summed E-state index contributed by atoms with van der Waals surface area (Å²) in [6.07, 6.45) is 12.9. The largest absolute Gasteiger partial charge is 0.508 e. The van der Waals surface area contributed by atoms with E-state index in [1.54, 1.807) is 18.2 Å². The Bertz CT molecular complexity index is 1390. The van der Waals surface area contributed by atoms with Gasteiger partial charge in [-0.25, -0.2) is 4.39 Å². The van der Waals surface area contributed by atoms with E-state index in [1.807, 2.05) is 24.3 Å². The van der Waals surface area contributed by atoms with Gasteiger partial charge in [0.15, 0.2) is 0 Å². The number of unbranched alkanes of at least 4 members (excludes halogenated alkanes) is 3. The van der Waals surface area contributed by atoms with Crippen LogP contribution in [-0.4, -0.2) is 52.3 Å². The Morgan fingerprint density at radius 1 is 0.979 bits per heavy atom. The Morgan fingerprint density at radius 3 is 2.47 bits per heavy atom. The van der Waals surface area contributed by atoms with Gasteiger partial charge in [-0.2, -0.15) is 0 Å². The molecule has 0 aliphatic heterocycles. The van der Waals surface area contributed by atoms with E-state index < -0.39 is 12.3 Å². The number of fused-ring (bicyclic) bond motifs is 5. The zero-order valence-electron chi connectivity index (χ0n) is 28.4. The molecule has 47 heavy (non-hydrogen) atoms. The number of aromatic hydroxyl groups is 1. The van der Waals surface area contributed by atoms with Crippen LogP contribution in [0, 0.1) is 29.1 Å². The number of rotatable bonds is 11. The van der Waals surface area contributed by atoms with Gasteiger partial charge in [0.25, 0.3) is 5.91 Å². The minimum absolute atomic E-state index is 0.0694. The number of anilines is 1. The first kappa shape index (κ1) is 34.0. The lowest BCUT2D eigenvalue weighted by atomic mass is 9.51. The van der Waals surface area contributed by atoms with Crippen LogP contribution in [0.15, 0.2) is 42.5 Å². The van der Waals surface area contributed by atoms with Crippen LogP contribution in [0.4, 0.5) is 10.1 Å². The van der Waals surface area contributed by atoms with Crippen LogP contribution in [0.1, 0.15) is 125 Å². The molecule has 3 fully saturated rings. The van der Waals surface area contributed by atoms with E-state index >= 15 is 4.39 Å². The Balaban J connectivity index is 1.07. The number of halogens is 1. The summed E-state index contributed by atoms with van der Waals surface area (Å²) in [5, 5.41) is 24.0. The molecule has 3 saturated carbocycles. The summed E-state index contributed by atoms with van der Waals surface area (Å²) in [6, 6.07) is 12.8. The highest BCUT2D eigenvalue weighted by molar-refractivity contribution is 5.95. The zero-order valence-corrected chi connectivity index (χ0v) is 28.4. The van der Waals surface area contributed by atoms with Crippen LogP contribution < -0.4 is 5.32 Å². The van der Waals surface area contributed by atoms with Crippen LogP contribution in [-0.2, 0) is 11.2 Å². The minimum Gasteiger partial charge on any atom is -0.508 e. The van der Waals surface area contributed by atoms with Crippen molar-refractivity contribution < 1.29 is 24.2 Å². The maximum Gasteiger partial charge on any atom is 0.253 e. The maximum atomic E-state index is 16.1. The van der Waals surface area contributed by atoms with Crippen molar-refractivity contribution >= 4 is 17.5 Å². The molecule has 0 heterocycles. The third-order valence-electron chi connectivity index (χ3n) is 12.5. The lowest BCUT2D eigenvalue weighted by molar-refractivity contribution is -0.114. The minimum atomic E-state index is -0.977. The Hall–Kier alpha value is -2.93. The smallest absolute Gasteiger partial charge is 0.253 e. The van der Waals surface area contributed by atoms with Gasteiger partial charge in [-0.15, -0.1) is 0 Å². The second kappa shape index (κ2) is 14.7. The van der Waals surface area contributed by atoms with Gasteiger partial charge < -0.3 is 20.4 Å². The molecule has 0 radical (unpaired) electrons. The number of carbonyl (C=O) groups is 2. The van der Waals surface area contributed by atoms with Gasteiger partial charge in [-0.05, 0) is 128 Å². The van der Waals surface area contributed by atoms with Gasteiger partial charge in [0.05, 0.1) is 6.10 Å². The summed E-state index contributed by atoms with van der Waals surface area (Å²) >= 11 is 0. The highest BCUT2D eigenvalue weighted by atomic mass is 19.1. The predicted molar refractivity (Wildman–Crippen MR) is 184 cm³/mol. The summed E-state index contributed by atoms with van der Waals surface area (Å²) in [6.45, 7) is 5.15. The van der Waals surface area contributed by atoms with Crippen LogP contribution >= 0.6 is 0 Å². The van der Waals surface area contributed by atoms with Crippen molar-refractivity contribution in [3.63, 3.8) is 0 Å². The fraction of sp³-hybridized carbons (Fsp3) is 0.650. The predicted octanol–water partition coefficient (Wildman–Crippen LogP) is 8.41. The number of hydrogen-bond donors (Lipinski definition) is 3. The highest BCUT2D eigenvalue weighted by Crippen LogP contribution is 2.63. The SMILES string of the molecule is CC(=O)Nc1ccc(C(=O)N(CCCCCC[C@@H]2Cc3cc(O)ccc3[C@@H]3[C@@H]2[C@@H]2CC[C@H](O)[C@@]2(C)C[C@@H]3F)CC2CCCCC2)cc1. The lowest BCUT2D eigenvalue weighted by Crippen LogP contribution is -2.51. The van der Waals surface area contributed by atoms with Crippen molar-refractivity contribution in [2.24, 2.45) is 29.1 Å². The first-order chi connectivity index (χ1) is 22.6. The van der Waals surface area contributed by atoms with Crippen molar-refractivity contribution in [1.82, 2.24) is 4.90 Å². The number of hydrogen-bond acceptors (Lipinski definition) is 4. The molecule has 2 aromatic carbocycles. The van der Waals surface area contributed by atoms with Crippen LogP contribution in [0.2, 0.25) is 0 Å². The molecule has 0 saturated heterocycles. The second-order valence-electron chi connectivity index (χ2n) is 15.6. The molecule has 7 heteroatoms. The van der Waals surface area contributed by atoms with Gasteiger partial charge in [-0.1, -0.05) is 51.5 Å². The Labute approximate surface area is 280 Å². The highest BCUT2D eigenvalue weighted by Gasteiger charge is 2.59. The Kier molecular flexibility index (Phi) is 10.6. The number of amides is 2. The number of carbonyl (C=O) groups excluding carboxylic acids is 2. The fourth-order valence-corrected chi connectivity index (χ4v) is 10.1.